The van der Waals surface area contributed by atoms with Crippen LogP contribution in [0.25, 0.3) is 0 Å². The lowest BCUT2D eigenvalue weighted by Gasteiger charge is -2.03. The smallest absolute Gasteiger partial charge is 0.360 e. The van der Waals surface area contributed by atoms with E-state index in [4.69, 9.17) is 4.42 Å². The highest BCUT2D eigenvalue weighted by atomic mass is 32.2. The lowest BCUT2D eigenvalue weighted by atomic mass is 10.1. The number of hydrogen-bond donors (Lipinski definition) is 0. The van der Waals surface area contributed by atoms with Gasteiger partial charge in [-0.1, -0.05) is 37.3 Å². The highest BCUT2D eigenvalue weighted by Crippen LogP contribution is 2.10. The van der Waals surface area contributed by atoms with Crippen LogP contribution in [-0.4, -0.2) is 27.9 Å². The molecular weight excluding hydrogens is 342 g/mol. The molecule has 132 valence electrons. The van der Waals surface area contributed by atoms with Crippen LogP contribution in [0.4, 0.5) is 0 Å². The summed E-state index contributed by atoms with van der Waals surface area (Å²) in [7, 11) is -3.77. The Morgan fingerprint density at radius 3 is 2.52 bits per heavy atom. The van der Waals surface area contributed by atoms with Gasteiger partial charge in [0.15, 0.2) is 0 Å². The van der Waals surface area contributed by atoms with Crippen molar-refractivity contribution in [3.63, 3.8) is 0 Å². The average molecular weight is 361 g/mol. The molecule has 1 aromatic carbocycles. The van der Waals surface area contributed by atoms with Crippen molar-refractivity contribution in [3.05, 3.63) is 76.4 Å². The summed E-state index contributed by atoms with van der Waals surface area (Å²) in [5.74, 6) is 0.811. The Kier molecular flexibility index (Phi) is 4.89. The van der Waals surface area contributed by atoms with Crippen molar-refractivity contribution in [2.45, 2.75) is 26.3 Å². The standard InChI is InChI=1S/C17H19N3O4S/c1-2-11-25(22,23)20-17(21)19(13-15-9-6-10-24-15)16(18-20)12-14-7-4-3-5-8-14/h3-10H,2,11-13H2,1H3. The molecule has 3 aromatic rings. The minimum Gasteiger partial charge on any atom is -0.467 e. The molecule has 0 saturated carbocycles. The van der Waals surface area contributed by atoms with Crippen molar-refractivity contribution in [1.29, 1.82) is 0 Å². The Balaban J connectivity index is 2.06. The van der Waals surface area contributed by atoms with Crippen LogP contribution >= 0.6 is 0 Å². The minimum atomic E-state index is -3.77. The number of rotatable bonds is 7. The topological polar surface area (TPSA) is 87.1 Å². The number of hydrogen-bond acceptors (Lipinski definition) is 5. The molecule has 0 bridgehead atoms. The largest absolute Gasteiger partial charge is 0.467 e. The Hall–Kier alpha value is -2.61. The molecule has 0 amide bonds. The zero-order valence-corrected chi connectivity index (χ0v) is 14.6. The maximum absolute atomic E-state index is 12.7. The predicted molar refractivity (Wildman–Crippen MR) is 93.0 cm³/mol. The van der Waals surface area contributed by atoms with Crippen molar-refractivity contribution in [2.75, 3.05) is 5.75 Å². The van der Waals surface area contributed by atoms with E-state index in [0.29, 0.717) is 28.5 Å². The van der Waals surface area contributed by atoms with E-state index in [-0.39, 0.29) is 12.3 Å². The maximum atomic E-state index is 12.7. The van der Waals surface area contributed by atoms with E-state index in [0.717, 1.165) is 5.56 Å². The molecule has 8 heteroatoms. The maximum Gasteiger partial charge on any atom is 0.360 e. The highest BCUT2D eigenvalue weighted by molar-refractivity contribution is 7.89. The van der Waals surface area contributed by atoms with Gasteiger partial charge in [0.2, 0.25) is 0 Å². The van der Waals surface area contributed by atoms with Gasteiger partial charge in [-0.15, -0.1) is 9.19 Å². The van der Waals surface area contributed by atoms with Crippen LogP contribution in [-0.2, 0) is 23.0 Å². The summed E-state index contributed by atoms with van der Waals surface area (Å²) in [4.78, 5) is 12.7. The minimum absolute atomic E-state index is 0.130. The van der Waals surface area contributed by atoms with Crippen LogP contribution < -0.4 is 5.69 Å². The Labute approximate surface area is 145 Å². The van der Waals surface area contributed by atoms with E-state index < -0.39 is 15.7 Å². The fraction of sp³-hybridized carbons (Fsp3) is 0.294. The lowest BCUT2D eigenvalue weighted by molar-refractivity contribution is 0.485. The quantitative estimate of drug-likeness (QED) is 0.641. The van der Waals surface area contributed by atoms with Gasteiger partial charge in [0.05, 0.1) is 18.6 Å². The molecule has 0 aliphatic rings. The first-order valence-electron chi connectivity index (χ1n) is 7.99. The van der Waals surface area contributed by atoms with Crippen LogP contribution in [0.1, 0.15) is 30.5 Å². The van der Waals surface area contributed by atoms with Gasteiger partial charge in [0.1, 0.15) is 11.6 Å². The fourth-order valence-corrected chi connectivity index (χ4v) is 3.81. The van der Waals surface area contributed by atoms with Crippen molar-refractivity contribution in [1.82, 2.24) is 13.8 Å². The Bertz CT molecular complexity index is 986. The summed E-state index contributed by atoms with van der Waals surface area (Å²) in [5.41, 5.74) is 0.268. The van der Waals surface area contributed by atoms with Crippen LogP contribution in [0.5, 0.6) is 0 Å². The van der Waals surface area contributed by atoms with E-state index in [9.17, 15) is 13.2 Å². The van der Waals surface area contributed by atoms with E-state index in [1.54, 1.807) is 19.1 Å². The molecule has 0 atom stereocenters. The van der Waals surface area contributed by atoms with E-state index in [2.05, 4.69) is 5.10 Å². The molecule has 2 heterocycles. The van der Waals surface area contributed by atoms with Gasteiger partial charge < -0.3 is 4.42 Å². The summed E-state index contributed by atoms with van der Waals surface area (Å²) in [6.07, 6.45) is 2.27. The van der Waals surface area contributed by atoms with Crippen LogP contribution in [0.2, 0.25) is 0 Å². The molecule has 0 aliphatic heterocycles. The third kappa shape index (κ3) is 3.74. The summed E-state index contributed by atoms with van der Waals surface area (Å²) in [6.45, 7) is 1.88. The molecule has 7 nitrogen and oxygen atoms in total. The molecule has 0 radical (unpaired) electrons. The number of nitrogens with zero attached hydrogens (tertiary/aromatic N) is 3. The van der Waals surface area contributed by atoms with Gasteiger partial charge in [-0.05, 0) is 24.1 Å². The summed E-state index contributed by atoms with van der Waals surface area (Å²) < 4.78 is 31.9. The second-order valence-electron chi connectivity index (χ2n) is 5.69. The van der Waals surface area contributed by atoms with Gasteiger partial charge in [-0.25, -0.2) is 13.2 Å². The predicted octanol–water partition coefficient (Wildman–Crippen LogP) is 1.86. The normalized spacial score (nSPS) is 11.7. The lowest BCUT2D eigenvalue weighted by Crippen LogP contribution is -2.32. The number of aromatic nitrogens is 3. The van der Waals surface area contributed by atoms with Gasteiger partial charge in [-0.3, -0.25) is 4.57 Å². The monoisotopic (exact) mass is 361 g/mol. The molecule has 0 saturated heterocycles. The van der Waals surface area contributed by atoms with E-state index in [1.165, 1.54) is 10.8 Å². The second kappa shape index (κ2) is 7.10. The second-order valence-corrected chi connectivity index (χ2v) is 7.60. The van der Waals surface area contributed by atoms with Gasteiger partial charge >= 0.3 is 5.69 Å². The molecule has 0 unspecified atom stereocenters. The molecule has 25 heavy (non-hydrogen) atoms. The summed E-state index contributed by atoms with van der Waals surface area (Å²) >= 11 is 0. The molecule has 0 spiro atoms. The SMILES string of the molecule is CCCS(=O)(=O)n1nc(Cc2ccccc2)n(Cc2ccco2)c1=O. The zero-order valence-electron chi connectivity index (χ0n) is 13.8. The van der Waals surface area contributed by atoms with Crippen LogP contribution in [0.3, 0.4) is 0 Å². The first-order valence-corrected chi connectivity index (χ1v) is 9.60. The van der Waals surface area contributed by atoms with Gasteiger partial charge in [0.25, 0.3) is 10.0 Å². The third-order valence-corrected chi connectivity index (χ3v) is 5.43. The summed E-state index contributed by atoms with van der Waals surface area (Å²) in [5, 5.41) is 4.11. The fourth-order valence-electron chi connectivity index (χ4n) is 2.57. The van der Waals surface area contributed by atoms with Crippen LogP contribution in [0, 0.1) is 0 Å². The molecule has 0 N–H and O–H groups in total. The Morgan fingerprint density at radius 2 is 1.88 bits per heavy atom. The Morgan fingerprint density at radius 1 is 1.12 bits per heavy atom. The molecule has 3 rings (SSSR count). The number of benzene rings is 1. The summed E-state index contributed by atoms with van der Waals surface area (Å²) in [6, 6.07) is 12.9. The zero-order chi connectivity index (χ0) is 17.9. The van der Waals surface area contributed by atoms with Crippen molar-refractivity contribution < 1.29 is 12.8 Å². The first-order chi connectivity index (χ1) is 12.0. The highest BCUT2D eigenvalue weighted by Gasteiger charge is 2.23. The molecule has 0 aliphatic carbocycles. The van der Waals surface area contributed by atoms with Crippen LogP contribution in [0.15, 0.2) is 57.9 Å². The van der Waals surface area contributed by atoms with E-state index in [1.807, 2.05) is 30.3 Å². The van der Waals surface area contributed by atoms with Crippen molar-refractivity contribution in [3.8, 4) is 0 Å². The van der Waals surface area contributed by atoms with Crippen molar-refractivity contribution >= 4 is 10.0 Å². The third-order valence-electron chi connectivity index (χ3n) is 3.74. The molecule has 2 aromatic heterocycles. The van der Waals surface area contributed by atoms with Gasteiger partial charge in [-0.2, -0.15) is 0 Å². The first kappa shape index (κ1) is 17.2. The van der Waals surface area contributed by atoms with Gasteiger partial charge in [0, 0.05) is 6.42 Å². The van der Waals surface area contributed by atoms with Crippen molar-refractivity contribution in [2.24, 2.45) is 0 Å². The van der Waals surface area contributed by atoms with E-state index >= 15 is 0 Å². The molecular formula is C17H19N3O4S. The number of furan rings is 1. The molecule has 0 fully saturated rings. The average Bonchev–Trinajstić information content (AvgIpc) is 3.19.